The van der Waals surface area contributed by atoms with Gasteiger partial charge in [-0.05, 0) is 12.5 Å². The van der Waals surface area contributed by atoms with Crippen LogP contribution in [-0.4, -0.2) is 20.9 Å². The van der Waals surface area contributed by atoms with Crippen molar-refractivity contribution < 1.29 is 9.90 Å². The van der Waals surface area contributed by atoms with Crippen LogP contribution in [0.5, 0.6) is 0 Å². The highest BCUT2D eigenvalue weighted by atomic mass is 32.1. The molecule has 0 spiro atoms. The van der Waals surface area contributed by atoms with Gasteiger partial charge in [-0.3, -0.25) is 4.68 Å². The Morgan fingerprint density at radius 2 is 2.16 bits per heavy atom. The smallest absolute Gasteiger partial charge is 0.345 e. The van der Waals surface area contributed by atoms with E-state index in [0.717, 1.165) is 35.3 Å². The summed E-state index contributed by atoms with van der Waals surface area (Å²) in [6.07, 6.45) is 2.16. The molecule has 5 heteroatoms. The minimum absolute atomic E-state index is 0.0768. The Hall–Kier alpha value is -1.36. The Balaban J connectivity index is 2.59. The number of nitrogens with zero attached hydrogens (tertiary/aromatic N) is 2. The number of carbonyl (C=O) groups is 1. The number of rotatable bonds is 4. The average Bonchev–Trinajstić information content (AvgIpc) is 2.83. The summed E-state index contributed by atoms with van der Waals surface area (Å²) in [7, 11) is 0. The zero-order chi connectivity index (χ0) is 14.2. The number of hydrogen-bond donors (Lipinski definition) is 1. The van der Waals surface area contributed by atoms with Crippen LogP contribution < -0.4 is 0 Å². The first kappa shape index (κ1) is 14.1. The summed E-state index contributed by atoms with van der Waals surface area (Å²) >= 11 is 1.32. The van der Waals surface area contributed by atoms with Crippen LogP contribution in [0.4, 0.5) is 0 Å². The van der Waals surface area contributed by atoms with Crippen LogP contribution in [-0.2, 0) is 12.0 Å². The van der Waals surface area contributed by atoms with Gasteiger partial charge in [-0.25, -0.2) is 4.79 Å². The van der Waals surface area contributed by atoms with Crippen LogP contribution in [0, 0.1) is 0 Å². The van der Waals surface area contributed by atoms with Gasteiger partial charge in [-0.15, -0.1) is 11.3 Å². The normalized spacial score (nSPS) is 12.2. The Bertz CT molecular complexity index is 605. The Morgan fingerprint density at radius 3 is 2.68 bits per heavy atom. The van der Waals surface area contributed by atoms with Gasteiger partial charge in [0.1, 0.15) is 9.71 Å². The van der Waals surface area contributed by atoms with Gasteiger partial charge < -0.3 is 5.11 Å². The third-order valence-corrected chi connectivity index (χ3v) is 4.20. The Morgan fingerprint density at radius 1 is 1.47 bits per heavy atom. The molecule has 0 atom stereocenters. The summed E-state index contributed by atoms with van der Waals surface area (Å²) in [6.45, 7) is 9.32. The molecule has 2 aromatic heterocycles. The van der Waals surface area contributed by atoms with Crippen LogP contribution in [0.1, 0.15) is 55.9 Å². The van der Waals surface area contributed by atoms with Gasteiger partial charge in [0.25, 0.3) is 0 Å². The molecule has 0 bridgehead atoms. The predicted molar refractivity (Wildman–Crippen MR) is 78.2 cm³/mol. The van der Waals surface area contributed by atoms with Gasteiger partial charge in [0.15, 0.2) is 0 Å². The number of aromatic nitrogens is 2. The quantitative estimate of drug-likeness (QED) is 0.924. The lowest BCUT2D eigenvalue weighted by molar-refractivity contribution is 0.0702. The second-order valence-corrected chi connectivity index (χ2v) is 6.84. The molecule has 0 aromatic carbocycles. The van der Waals surface area contributed by atoms with Gasteiger partial charge in [0, 0.05) is 17.3 Å². The summed E-state index contributed by atoms with van der Waals surface area (Å²) in [5, 5.41) is 14.8. The van der Waals surface area contributed by atoms with Gasteiger partial charge in [-0.2, -0.15) is 5.10 Å². The topological polar surface area (TPSA) is 55.1 Å². The van der Waals surface area contributed by atoms with Crippen molar-refractivity contribution in [3.63, 3.8) is 0 Å². The van der Waals surface area contributed by atoms with Crippen molar-refractivity contribution >= 4 is 27.5 Å². The molecular formula is C14H20N2O2S. The van der Waals surface area contributed by atoms with Crippen molar-refractivity contribution in [2.45, 2.75) is 52.5 Å². The van der Waals surface area contributed by atoms with E-state index in [1.165, 1.54) is 11.3 Å². The molecule has 4 nitrogen and oxygen atoms in total. The maximum absolute atomic E-state index is 11.1. The van der Waals surface area contributed by atoms with Crippen LogP contribution in [0.15, 0.2) is 6.07 Å². The molecule has 0 amide bonds. The van der Waals surface area contributed by atoms with E-state index in [9.17, 15) is 4.79 Å². The molecular weight excluding hydrogens is 260 g/mol. The van der Waals surface area contributed by atoms with E-state index in [0.29, 0.717) is 4.88 Å². The summed E-state index contributed by atoms with van der Waals surface area (Å²) in [5.41, 5.74) is 0.911. The summed E-state index contributed by atoms with van der Waals surface area (Å²) < 4.78 is 1.97. The maximum atomic E-state index is 11.1. The number of carboxylic acid groups (broad SMARTS) is 1. The average molecular weight is 280 g/mol. The van der Waals surface area contributed by atoms with Gasteiger partial charge >= 0.3 is 5.97 Å². The zero-order valence-electron chi connectivity index (χ0n) is 11.9. The summed E-state index contributed by atoms with van der Waals surface area (Å²) in [5.74, 6) is -0.858. The van der Waals surface area contributed by atoms with Gasteiger partial charge in [0.05, 0.1) is 5.69 Å². The first-order valence-electron chi connectivity index (χ1n) is 6.58. The second kappa shape index (κ2) is 4.96. The minimum atomic E-state index is -0.858. The Kier molecular flexibility index (Phi) is 3.67. The molecule has 0 aliphatic heterocycles. The van der Waals surface area contributed by atoms with E-state index in [4.69, 9.17) is 10.2 Å². The Labute approximate surface area is 117 Å². The first-order valence-corrected chi connectivity index (χ1v) is 7.40. The van der Waals surface area contributed by atoms with E-state index >= 15 is 0 Å². The molecule has 0 fully saturated rings. The van der Waals surface area contributed by atoms with Crippen molar-refractivity contribution in [3.8, 4) is 0 Å². The lowest BCUT2D eigenvalue weighted by atomic mass is 9.91. The second-order valence-electron chi connectivity index (χ2n) is 5.81. The number of aryl methyl sites for hydroxylation is 1. The number of aromatic carboxylic acids is 1. The SMILES string of the molecule is CCCCn1nc(C(C)(C)C)c2cc(C(=O)O)sc21. The van der Waals surface area contributed by atoms with E-state index in [2.05, 4.69) is 27.7 Å². The number of hydrogen-bond acceptors (Lipinski definition) is 3. The van der Waals surface area contributed by atoms with Crippen molar-refractivity contribution in [2.24, 2.45) is 0 Å². The third-order valence-electron chi connectivity index (χ3n) is 3.07. The van der Waals surface area contributed by atoms with Gasteiger partial charge in [0.2, 0.25) is 0 Å². The first-order chi connectivity index (χ1) is 8.84. The number of unbranched alkanes of at least 4 members (excludes halogenated alkanes) is 1. The maximum Gasteiger partial charge on any atom is 0.345 e. The minimum Gasteiger partial charge on any atom is -0.477 e. The lowest BCUT2D eigenvalue weighted by Crippen LogP contribution is -2.13. The van der Waals surface area contributed by atoms with Crippen LogP contribution in [0.2, 0.25) is 0 Å². The van der Waals surface area contributed by atoms with E-state index in [1.54, 1.807) is 6.07 Å². The molecule has 104 valence electrons. The lowest BCUT2D eigenvalue weighted by Gasteiger charge is -2.15. The fourth-order valence-electron chi connectivity index (χ4n) is 2.08. The molecule has 2 heterocycles. The van der Waals surface area contributed by atoms with Crippen LogP contribution >= 0.6 is 11.3 Å². The summed E-state index contributed by atoms with van der Waals surface area (Å²) in [6, 6.07) is 1.76. The standard InChI is InChI=1S/C14H20N2O2S/c1-5-6-7-16-12-9(8-10(19-12)13(17)18)11(15-16)14(2,3)4/h8H,5-7H2,1-4H3,(H,17,18). The van der Waals surface area contributed by atoms with Crippen LogP contribution in [0.3, 0.4) is 0 Å². The highest BCUT2D eigenvalue weighted by Gasteiger charge is 2.25. The number of fused-ring (bicyclic) bond motifs is 1. The largest absolute Gasteiger partial charge is 0.477 e. The fraction of sp³-hybridized carbons (Fsp3) is 0.571. The molecule has 2 rings (SSSR count). The van der Waals surface area contributed by atoms with E-state index < -0.39 is 5.97 Å². The molecule has 19 heavy (non-hydrogen) atoms. The van der Waals surface area contributed by atoms with Crippen LogP contribution in [0.25, 0.3) is 10.2 Å². The molecule has 0 saturated heterocycles. The molecule has 0 aliphatic carbocycles. The monoisotopic (exact) mass is 280 g/mol. The molecule has 2 aromatic rings. The van der Waals surface area contributed by atoms with Crippen molar-refractivity contribution in [2.75, 3.05) is 0 Å². The zero-order valence-corrected chi connectivity index (χ0v) is 12.7. The number of thiophene rings is 1. The molecule has 0 radical (unpaired) electrons. The highest BCUT2D eigenvalue weighted by molar-refractivity contribution is 7.20. The highest BCUT2D eigenvalue weighted by Crippen LogP contribution is 2.34. The van der Waals surface area contributed by atoms with E-state index in [-0.39, 0.29) is 5.41 Å². The molecule has 1 N–H and O–H groups in total. The fourth-order valence-corrected chi connectivity index (χ4v) is 3.06. The van der Waals surface area contributed by atoms with Crippen molar-refractivity contribution in [1.29, 1.82) is 0 Å². The molecule has 0 saturated carbocycles. The van der Waals surface area contributed by atoms with Crippen molar-refractivity contribution in [3.05, 3.63) is 16.6 Å². The summed E-state index contributed by atoms with van der Waals surface area (Å²) in [4.78, 5) is 12.5. The molecule has 0 unspecified atom stereocenters. The third kappa shape index (κ3) is 2.66. The van der Waals surface area contributed by atoms with Crippen molar-refractivity contribution in [1.82, 2.24) is 9.78 Å². The molecule has 0 aliphatic rings. The predicted octanol–water partition coefficient (Wildman–Crippen LogP) is 3.89. The van der Waals surface area contributed by atoms with Gasteiger partial charge in [-0.1, -0.05) is 34.1 Å². The number of carboxylic acids is 1. The van der Waals surface area contributed by atoms with E-state index in [1.807, 2.05) is 4.68 Å².